The number of carbonyl (C=O) groups is 1. The van der Waals surface area contributed by atoms with E-state index in [4.69, 9.17) is 0 Å². The molecular weight excluding hydrogens is 374 g/mol. The summed E-state index contributed by atoms with van der Waals surface area (Å²) in [4.78, 5) is 17.1. The molecule has 1 aliphatic heterocycles. The van der Waals surface area contributed by atoms with Gasteiger partial charge in [0.2, 0.25) is 5.78 Å². The normalized spacial score (nSPS) is 14.5. The van der Waals surface area contributed by atoms with Crippen LogP contribution in [-0.2, 0) is 0 Å². The Balaban J connectivity index is 1.88. The van der Waals surface area contributed by atoms with Crippen LogP contribution in [0.1, 0.15) is 10.4 Å². The summed E-state index contributed by atoms with van der Waals surface area (Å²) in [5.41, 5.74) is 4.74. The van der Waals surface area contributed by atoms with E-state index in [9.17, 15) is 4.79 Å². The van der Waals surface area contributed by atoms with Crippen molar-refractivity contribution in [3.05, 3.63) is 64.6 Å². The van der Waals surface area contributed by atoms with Gasteiger partial charge in [0.15, 0.2) is 5.71 Å². The summed E-state index contributed by atoms with van der Waals surface area (Å²) in [6.45, 7) is 0.722. The largest absolute Gasteiger partial charge is 0.287 e. The number of Topliss-reactive ketones (excluding diaryl/α,β-unsaturated/α-hetero) is 1. The Bertz CT molecular complexity index is 757. The number of hydrazone groups is 1. The Kier molecular flexibility index (Phi) is 5.25. The average Bonchev–Trinajstić information content (AvgIpc) is 3.12. The molecule has 0 fully saturated rings. The zero-order valence-corrected chi connectivity index (χ0v) is 14.6. The molecule has 1 N–H and O–H groups in total. The van der Waals surface area contributed by atoms with Crippen LogP contribution in [0, 0.1) is 0 Å². The number of carbonyl (C=O) groups excluding carboxylic acids is 1. The molecule has 0 unspecified atom stereocenters. The van der Waals surface area contributed by atoms with Crippen LogP contribution < -0.4 is 5.43 Å². The van der Waals surface area contributed by atoms with E-state index in [1.165, 1.54) is 0 Å². The van der Waals surface area contributed by atoms with Gasteiger partial charge in [0.25, 0.3) is 0 Å². The molecule has 0 spiro atoms. The van der Waals surface area contributed by atoms with E-state index in [2.05, 4.69) is 31.4 Å². The van der Waals surface area contributed by atoms with Crippen LogP contribution in [-0.4, -0.2) is 28.8 Å². The smallest absolute Gasteiger partial charge is 0.215 e. The monoisotopic (exact) mass is 387 g/mol. The van der Waals surface area contributed by atoms with E-state index < -0.39 is 0 Å². The summed E-state index contributed by atoms with van der Waals surface area (Å²) in [5, 5.41) is 5.03. The number of halogens is 1. The van der Waals surface area contributed by atoms with Gasteiger partial charge in [-0.1, -0.05) is 46.3 Å². The molecule has 116 valence electrons. The molecule has 0 aromatic heterocycles. The van der Waals surface area contributed by atoms with Crippen molar-refractivity contribution >= 4 is 49.9 Å². The summed E-state index contributed by atoms with van der Waals surface area (Å²) in [6, 6.07) is 16.8. The Morgan fingerprint density at radius 2 is 1.87 bits per heavy atom. The van der Waals surface area contributed by atoms with E-state index in [1.54, 1.807) is 23.9 Å². The molecule has 6 heteroatoms. The van der Waals surface area contributed by atoms with Crippen LogP contribution in [0.15, 0.2) is 69.2 Å². The Morgan fingerprint density at radius 3 is 2.52 bits per heavy atom. The van der Waals surface area contributed by atoms with Crippen LogP contribution in [0.25, 0.3) is 0 Å². The lowest BCUT2D eigenvalue weighted by molar-refractivity contribution is 0.106. The van der Waals surface area contributed by atoms with E-state index in [-0.39, 0.29) is 5.78 Å². The standard InChI is InChI=1S/C17H14BrN3OS/c18-13-6-8-14(9-7-13)20-21-15(17-19-10-11-23-17)16(22)12-4-2-1-3-5-12/h1-9,20H,10-11H2/b21-15+. The first-order valence-electron chi connectivity index (χ1n) is 7.11. The van der Waals surface area contributed by atoms with Crippen LogP contribution >= 0.6 is 27.7 Å². The molecule has 0 amide bonds. The van der Waals surface area contributed by atoms with Crippen molar-refractivity contribution in [3.8, 4) is 0 Å². The van der Waals surface area contributed by atoms with Crippen molar-refractivity contribution in [2.24, 2.45) is 10.1 Å². The number of nitrogens with one attached hydrogen (secondary N) is 1. The summed E-state index contributed by atoms with van der Waals surface area (Å²) >= 11 is 4.95. The van der Waals surface area contributed by atoms with Gasteiger partial charge in [-0.2, -0.15) is 5.10 Å². The van der Waals surface area contributed by atoms with E-state index >= 15 is 0 Å². The SMILES string of the molecule is O=C(/C(=N\Nc1ccc(Br)cc1)C1=NCCS1)c1ccccc1. The van der Waals surface area contributed by atoms with Gasteiger partial charge in [-0.25, -0.2) is 0 Å². The van der Waals surface area contributed by atoms with Crippen molar-refractivity contribution in [1.82, 2.24) is 0 Å². The second-order valence-corrected chi connectivity index (χ2v) is 6.81. The third-order valence-electron chi connectivity index (χ3n) is 3.18. The van der Waals surface area contributed by atoms with Crippen molar-refractivity contribution in [2.45, 2.75) is 0 Å². The molecule has 4 nitrogen and oxygen atoms in total. The van der Waals surface area contributed by atoms with Crippen molar-refractivity contribution in [2.75, 3.05) is 17.7 Å². The quantitative estimate of drug-likeness (QED) is 0.474. The van der Waals surface area contributed by atoms with Gasteiger partial charge in [0, 0.05) is 22.3 Å². The maximum atomic E-state index is 12.7. The number of hydrogen-bond acceptors (Lipinski definition) is 5. The second kappa shape index (κ2) is 7.57. The fraction of sp³-hybridized carbons (Fsp3) is 0.118. The molecular formula is C17H14BrN3OS. The van der Waals surface area contributed by atoms with Crippen LogP contribution in [0.5, 0.6) is 0 Å². The molecule has 0 radical (unpaired) electrons. The highest BCUT2D eigenvalue weighted by atomic mass is 79.9. The number of thioether (sulfide) groups is 1. The highest BCUT2D eigenvalue weighted by Gasteiger charge is 2.23. The van der Waals surface area contributed by atoms with Gasteiger partial charge in [0.05, 0.1) is 5.69 Å². The summed E-state index contributed by atoms with van der Waals surface area (Å²) < 4.78 is 0.989. The lowest BCUT2D eigenvalue weighted by Crippen LogP contribution is -2.23. The first-order valence-corrected chi connectivity index (χ1v) is 8.88. The topological polar surface area (TPSA) is 53.8 Å². The lowest BCUT2D eigenvalue weighted by atomic mass is 10.1. The van der Waals surface area contributed by atoms with Crippen molar-refractivity contribution in [3.63, 3.8) is 0 Å². The van der Waals surface area contributed by atoms with Gasteiger partial charge >= 0.3 is 0 Å². The van der Waals surface area contributed by atoms with Gasteiger partial charge in [-0.3, -0.25) is 15.2 Å². The van der Waals surface area contributed by atoms with E-state index in [1.807, 2.05) is 42.5 Å². The highest BCUT2D eigenvalue weighted by molar-refractivity contribution is 9.10. The van der Waals surface area contributed by atoms with Crippen molar-refractivity contribution < 1.29 is 4.79 Å². The predicted octanol–water partition coefficient (Wildman–Crippen LogP) is 4.25. The molecule has 3 rings (SSSR count). The number of ketones is 1. The van der Waals surface area contributed by atoms with Crippen molar-refractivity contribution in [1.29, 1.82) is 0 Å². The zero-order valence-electron chi connectivity index (χ0n) is 12.2. The van der Waals surface area contributed by atoms with Gasteiger partial charge in [-0.05, 0) is 24.3 Å². The number of rotatable bonds is 5. The van der Waals surface area contributed by atoms with E-state index in [0.29, 0.717) is 16.3 Å². The minimum absolute atomic E-state index is 0.122. The van der Waals surface area contributed by atoms with Crippen LogP contribution in [0.2, 0.25) is 0 Å². The maximum Gasteiger partial charge on any atom is 0.215 e. The number of nitrogens with zero attached hydrogens (tertiary/aromatic N) is 2. The molecule has 1 heterocycles. The fourth-order valence-electron chi connectivity index (χ4n) is 2.05. The summed E-state index contributed by atoms with van der Waals surface area (Å²) in [6.07, 6.45) is 0. The lowest BCUT2D eigenvalue weighted by Gasteiger charge is -2.07. The predicted molar refractivity (Wildman–Crippen MR) is 101 cm³/mol. The Morgan fingerprint density at radius 1 is 1.13 bits per heavy atom. The van der Waals surface area contributed by atoms with E-state index in [0.717, 1.165) is 22.5 Å². The number of anilines is 1. The molecule has 23 heavy (non-hydrogen) atoms. The van der Waals surface area contributed by atoms with Gasteiger partial charge in [-0.15, -0.1) is 11.8 Å². The Labute approximate surface area is 147 Å². The average molecular weight is 388 g/mol. The van der Waals surface area contributed by atoms with Gasteiger partial charge in [0.1, 0.15) is 5.04 Å². The highest BCUT2D eigenvalue weighted by Crippen LogP contribution is 2.18. The maximum absolute atomic E-state index is 12.7. The minimum atomic E-state index is -0.122. The van der Waals surface area contributed by atoms with Crippen LogP contribution in [0.4, 0.5) is 5.69 Å². The van der Waals surface area contributed by atoms with Crippen LogP contribution in [0.3, 0.4) is 0 Å². The minimum Gasteiger partial charge on any atom is -0.287 e. The van der Waals surface area contributed by atoms with Gasteiger partial charge < -0.3 is 0 Å². The number of benzene rings is 2. The molecule has 0 bridgehead atoms. The molecule has 0 saturated carbocycles. The fourth-order valence-corrected chi connectivity index (χ4v) is 3.14. The number of hydrogen-bond donors (Lipinski definition) is 1. The summed E-state index contributed by atoms with van der Waals surface area (Å²) in [7, 11) is 0. The molecule has 0 aliphatic carbocycles. The summed E-state index contributed by atoms with van der Waals surface area (Å²) in [5.74, 6) is 0.762. The third kappa shape index (κ3) is 4.09. The molecule has 0 atom stereocenters. The third-order valence-corrected chi connectivity index (χ3v) is 4.69. The molecule has 2 aromatic carbocycles. The second-order valence-electron chi connectivity index (χ2n) is 4.81. The molecule has 0 saturated heterocycles. The number of aliphatic imine (C=N–C) groups is 1. The first kappa shape index (κ1) is 16.0. The Hall–Kier alpha value is -1.92. The molecule has 1 aliphatic rings. The zero-order chi connectivity index (χ0) is 16.1. The molecule has 2 aromatic rings. The first-order chi connectivity index (χ1) is 11.2.